The van der Waals surface area contributed by atoms with Crippen LogP contribution in [0.15, 0.2) is 46.2 Å². The maximum absolute atomic E-state index is 6.29. The highest BCUT2D eigenvalue weighted by atomic mass is 79.9. The second-order valence-corrected chi connectivity index (χ2v) is 6.67. The maximum Gasteiger partial charge on any atom is 0.188 e. The molecule has 106 valence electrons. The SMILES string of the molecule is CCC(N)C(Sc1nccc(C)n1)c1ccc(Br)cc1. The number of benzene rings is 1. The van der Waals surface area contributed by atoms with E-state index in [0.717, 1.165) is 21.7 Å². The lowest BCUT2D eigenvalue weighted by molar-refractivity contribution is 0.632. The molecule has 5 heteroatoms. The summed E-state index contributed by atoms with van der Waals surface area (Å²) in [5.74, 6) is 0. The predicted octanol–water partition coefficient (Wildman–Crippen LogP) is 4.12. The van der Waals surface area contributed by atoms with Crippen LogP contribution in [0.2, 0.25) is 0 Å². The van der Waals surface area contributed by atoms with E-state index in [-0.39, 0.29) is 11.3 Å². The Morgan fingerprint density at radius 2 is 1.95 bits per heavy atom. The molecule has 0 aliphatic carbocycles. The van der Waals surface area contributed by atoms with Crippen LogP contribution in [0.3, 0.4) is 0 Å². The first-order valence-corrected chi connectivity index (χ1v) is 8.24. The molecule has 2 N–H and O–H groups in total. The minimum Gasteiger partial charge on any atom is -0.326 e. The summed E-state index contributed by atoms with van der Waals surface area (Å²) in [5.41, 5.74) is 8.47. The molecule has 2 unspecified atom stereocenters. The van der Waals surface area contributed by atoms with Crippen molar-refractivity contribution < 1.29 is 0 Å². The molecule has 1 aromatic carbocycles. The Hall–Kier alpha value is -0.910. The van der Waals surface area contributed by atoms with Gasteiger partial charge in [-0.2, -0.15) is 0 Å². The van der Waals surface area contributed by atoms with E-state index in [1.807, 2.05) is 25.1 Å². The van der Waals surface area contributed by atoms with Crippen molar-refractivity contribution >= 4 is 27.7 Å². The standard InChI is InChI=1S/C15H18BrN3S/c1-3-13(17)14(11-4-6-12(16)7-5-11)20-15-18-9-8-10(2)19-15/h4-9,13-14H,3,17H2,1-2H3. The molecule has 0 saturated heterocycles. The van der Waals surface area contributed by atoms with Crippen LogP contribution in [0.5, 0.6) is 0 Å². The number of aryl methyl sites for hydroxylation is 1. The summed E-state index contributed by atoms with van der Waals surface area (Å²) in [6.45, 7) is 4.08. The van der Waals surface area contributed by atoms with Crippen LogP contribution in [0.1, 0.15) is 29.9 Å². The van der Waals surface area contributed by atoms with Gasteiger partial charge in [0.15, 0.2) is 5.16 Å². The largest absolute Gasteiger partial charge is 0.326 e. The van der Waals surface area contributed by atoms with E-state index in [2.05, 4.69) is 45.0 Å². The van der Waals surface area contributed by atoms with Gasteiger partial charge in [-0.05, 0) is 37.1 Å². The molecule has 2 rings (SSSR count). The van der Waals surface area contributed by atoms with E-state index in [4.69, 9.17) is 5.73 Å². The number of nitrogens with two attached hydrogens (primary N) is 1. The summed E-state index contributed by atoms with van der Waals surface area (Å²) in [4.78, 5) is 8.79. The molecule has 0 fully saturated rings. The normalized spacial score (nSPS) is 14.0. The van der Waals surface area contributed by atoms with Crippen molar-refractivity contribution in [2.24, 2.45) is 5.73 Å². The zero-order valence-electron chi connectivity index (χ0n) is 11.6. The van der Waals surface area contributed by atoms with E-state index in [9.17, 15) is 0 Å². The number of nitrogens with zero attached hydrogens (tertiary/aromatic N) is 2. The third-order valence-electron chi connectivity index (χ3n) is 3.06. The fraction of sp³-hybridized carbons (Fsp3) is 0.333. The molecule has 3 nitrogen and oxygen atoms in total. The minimum absolute atomic E-state index is 0.0743. The van der Waals surface area contributed by atoms with Crippen LogP contribution < -0.4 is 5.73 Å². The van der Waals surface area contributed by atoms with Gasteiger partial charge in [-0.1, -0.05) is 46.7 Å². The van der Waals surface area contributed by atoms with Crippen molar-refractivity contribution in [3.63, 3.8) is 0 Å². The number of hydrogen-bond acceptors (Lipinski definition) is 4. The molecule has 0 amide bonds. The lowest BCUT2D eigenvalue weighted by atomic mass is 10.0. The zero-order chi connectivity index (χ0) is 14.5. The van der Waals surface area contributed by atoms with Crippen LogP contribution in [0, 0.1) is 6.92 Å². The number of hydrogen-bond donors (Lipinski definition) is 1. The Kier molecular flexibility index (Phi) is 5.57. The first-order chi connectivity index (χ1) is 9.60. The minimum atomic E-state index is 0.0743. The first-order valence-electron chi connectivity index (χ1n) is 6.57. The van der Waals surface area contributed by atoms with Gasteiger partial charge in [0.05, 0.1) is 5.25 Å². The molecule has 2 atom stereocenters. The van der Waals surface area contributed by atoms with Crippen LogP contribution in [0.25, 0.3) is 0 Å². The van der Waals surface area contributed by atoms with E-state index in [1.54, 1.807) is 18.0 Å². The Bertz CT molecular complexity index is 559. The Balaban J connectivity index is 2.26. The van der Waals surface area contributed by atoms with Gasteiger partial charge in [0.2, 0.25) is 0 Å². The highest BCUT2D eigenvalue weighted by molar-refractivity contribution is 9.10. The third-order valence-corrected chi connectivity index (χ3v) is 4.88. The van der Waals surface area contributed by atoms with Crippen molar-refractivity contribution in [2.75, 3.05) is 0 Å². The predicted molar refractivity (Wildman–Crippen MR) is 87.8 cm³/mol. The van der Waals surface area contributed by atoms with Gasteiger partial charge in [0.1, 0.15) is 0 Å². The van der Waals surface area contributed by atoms with Crippen molar-refractivity contribution in [3.05, 3.63) is 52.3 Å². The zero-order valence-corrected chi connectivity index (χ0v) is 14.0. The summed E-state index contributed by atoms with van der Waals surface area (Å²) in [6.07, 6.45) is 2.71. The van der Waals surface area contributed by atoms with Gasteiger partial charge in [0, 0.05) is 22.4 Å². The van der Waals surface area contributed by atoms with Gasteiger partial charge in [-0.15, -0.1) is 0 Å². The van der Waals surface area contributed by atoms with Gasteiger partial charge in [0.25, 0.3) is 0 Å². The molecule has 20 heavy (non-hydrogen) atoms. The summed E-state index contributed by atoms with van der Waals surface area (Å²) < 4.78 is 1.07. The summed E-state index contributed by atoms with van der Waals surface area (Å²) >= 11 is 5.09. The van der Waals surface area contributed by atoms with E-state index in [1.165, 1.54) is 5.56 Å². The highest BCUT2D eigenvalue weighted by Gasteiger charge is 2.21. The van der Waals surface area contributed by atoms with Crippen molar-refractivity contribution in [3.8, 4) is 0 Å². The molecular formula is C15H18BrN3S. The van der Waals surface area contributed by atoms with Crippen LogP contribution in [-0.4, -0.2) is 16.0 Å². The molecule has 1 heterocycles. The molecule has 0 aliphatic heterocycles. The molecular weight excluding hydrogens is 334 g/mol. The monoisotopic (exact) mass is 351 g/mol. The molecule has 0 saturated carbocycles. The van der Waals surface area contributed by atoms with Crippen molar-refractivity contribution in [1.29, 1.82) is 0 Å². The summed E-state index contributed by atoms with van der Waals surface area (Å²) in [5, 5.41) is 0.941. The number of aromatic nitrogens is 2. The quantitative estimate of drug-likeness (QED) is 0.650. The van der Waals surface area contributed by atoms with Gasteiger partial charge >= 0.3 is 0 Å². The Labute approximate surface area is 132 Å². The molecule has 0 aliphatic rings. The van der Waals surface area contributed by atoms with Gasteiger partial charge < -0.3 is 5.73 Å². The van der Waals surface area contributed by atoms with Gasteiger partial charge in [-0.3, -0.25) is 0 Å². The number of halogens is 1. The molecule has 0 bridgehead atoms. The van der Waals surface area contributed by atoms with Crippen LogP contribution >= 0.6 is 27.7 Å². The average molecular weight is 352 g/mol. The second kappa shape index (κ2) is 7.20. The fourth-order valence-corrected chi connectivity index (χ4v) is 3.34. The average Bonchev–Trinajstić information content (AvgIpc) is 2.45. The third kappa shape index (κ3) is 4.04. The smallest absolute Gasteiger partial charge is 0.188 e. The molecule has 1 aromatic heterocycles. The second-order valence-electron chi connectivity index (χ2n) is 4.64. The summed E-state index contributed by atoms with van der Waals surface area (Å²) in [6, 6.07) is 10.3. The van der Waals surface area contributed by atoms with E-state index in [0.29, 0.717) is 0 Å². The molecule has 0 spiro atoms. The Morgan fingerprint density at radius 1 is 1.25 bits per heavy atom. The maximum atomic E-state index is 6.29. The highest BCUT2D eigenvalue weighted by Crippen LogP contribution is 2.36. The first kappa shape index (κ1) is 15.5. The summed E-state index contributed by atoms with van der Waals surface area (Å²) in [7, 11) is 0. The number of rotatable bonds is 5. The molecule has 0 radical (unpaired) electrons. The lowest BCUT2D eigenvalue weighted by Gasteiger charge is -2.22. The molecule has 2 aromatic rings. The van der Waals surface area contributed by atoms with Gasteiger partial charge in [-0.25, -0.2) is 9.97 Å². The lowest BCUT2D eigenvalue weighted by Crippen LogP contribution is -2.25. The van der Waals surface area contributed by atoms with Crippen molar-refractivity contribution in [2.45, 2.75) is 36.7 Å². The van der Waals surface area contributed by atoms with Crippen molar-refractivity contribution in [1.82, 2.24) is 9.97 Å². The van der Waals surface area contributed by atoms with E-state index >= 15 is 0 Å². The fourth-order valence-electron chi connectivity index (χ4n) is 1.87. The van der Waals surface area contributed by atoms with Crippen LogP contribution in [0.4, 0.5) is 0 Å². The Morgan fingerprint density at radius 3 is 2.55 bits per heavy atom. The van der Waals surface area contributed by atoms with E-state index < -0.39 is 0 Å². The van der Waals surface area contributed by atoms with Crippen LogP contribution in [-0.2, 0) is 0 Å². The topological polar surface area (TPSA) is 51.8 Å². The number of thioether (sulfide) groups is 1.